The Morgan fingerprint density at radius 3 is 2.57 bits per heavy atom. The molecule has 2 aromatic heterocycles. The second-order valence-electron chi connectivity index (χ2n) is 7.23. The number of hydrogen-bond donors (Lipinski definition) is 0. The monoisotopic (exact) mass is 429 g/mol. The molecule has 0 fully saturated rings. The summed E-state index contributed by atoms with van der Waals surface area (Å²) in [5, 5.41) is 0.780. The van der Waals surface area contributed by atoms with Gasteiger partial charge in [-0.25, -0.2) is 4.98 Å². The molecule has 0 aliphatic carbocycles. The van der Waals surface area contributed by atoms with E-state index in [0.717, 1.165) is 65.9 Å². The highest BCUT2D eigenvalue weighted by Crippen LogP contribution is 2.34. The third-order valence-corrected chi connectivity index (χ3v) is 6.27. The van der Waals surface area contributed by atoms with Gasteiger partial charge in [0.05, 0.1) is 28.4 Å². The fourth-order valence-corrected chi connectivity index (χ4v) is 4.59. The first-order chi connectivity index (χ1) is 14.5. The lowest BCUT2D eigenvalue weighted by atomic mass is 10.1. The van der Waals surface area contributed by atoms with E-state index in [4.69, 9.17) is 0 Å². The van der Waals surface area contributed by atoms with E-state index in [0.29, 0.717) is 5.52 Å². The maximum absolute atomic E-state index is 12.9. The van der Waals surface area contributed by atoms with Crippen LogP contribution in [0.15, 0.2) is 66.0 Å². The van der Waals surface area contributed by atoms with E-state index in [1.807, 2.05) is 30.6 Å². The number of benzene rings is 2. The fraction of sp³-hybridized carbons (Fsp3) is 0.304. The van der Waals surface area contributed by atoms with Crippen molar-refractivity contribution in [2.75, 3.05) is 5.75 Å². The summed E-state index contributed by atoms with van der Waals surface area (Å²) in [6.45, 7) is 0.962. The van der Waals surface area contributed by atoms with E-state index in [1.165, 1.54) is 11.6 Å². The van der Waals surface area contributed by atoms with E-state index in [2.05, 4.69) is 20.6 Å². The summed E-state index contributed by atoms with van der Waals surface area (Å²) in [5.41, 5.74) is 1.94. The molecule has 2 heterocycles. The molecule has 0 N–H and O–H groups in total. The smallest absolute Gasteiger partial charge is 0.331 e. The van der Waals surface area contributed by atoms with Crippen LogP contribution in [0.4, 0.5) is 13.2 Å². The molecule has 2 aromatic carbocycles. The number of aromatic nitrogens is 3. The number of alkyl halides is 3. The number of fused-ring (bicyclic) bond motifs is 2. The Morgan fingerprint density at radius 2 is 1.70 bits per heavy atom. The normalized spacial score (nSPS) is 12.1. The van der Waals surface area contributed by atoms with E-state index in [9.17, 15) is 13.2 Å². The molecule has 0 saturated carbocycles. The van der Waals surface area contributed by atoms with Gasteiger partial charge in [-0.05, 0) is 48.9 Å². The summed E-state index contributed by atoms with van der Waals surface area (Å²) < 4.78 is 40.9. The van der Waals surface area contributed by atoms with Gasteiger partial charge < -0.3 is 4.57 Å². The number of hydrogen-bond acceptors (Lipinski definition) is 3. The number of thioether (sulfide) groups is 1. The molecular formula is C23H22F3N3S. The minimum absolute atomic E-state index is 0.391. The van der Waals surface area contributed by atoms with Gasteiger partial charge >= 0.3 is 6.18 Å². The van der Waals surface area contributed by atoms with Gasteiger partial charge in [-0.3, -0.25) is 4.98 Å². The largest absolute Gasteiger partial charge is 0.416 e. The Kier molecular flexibility index (Phi) is 6.27. The van der Waals surface area contributed by atoms with Crippen molar-refractivity contribution in [1.82, 2.24) is 14.5 Å². The highest BCUT2D eigenvalue weighted by atomic mass is 32.2. The summed E-state index contributed by atoms with van der Waals surface area (Å²) in [6.07, 6.45) is 3.57. The van der Waals surface area contributed by atoms with Crippen LogP contribution < -0.4 is 0 Å². The molecule has 7 heteroatoms. The van der Waals surface area contributed by atoms with Crippen LogP contribution in [0.3, 0.4) is 0 Å². The molecule has 0 aliphatic heterocycles. The van der Waals surface area contributed by atoms with Crippen LogP contribution in [0.1, 0.15) is 31.2 Å². The molecule has 0 aliphatic rings. The minimum atomic E-state index is -4.35. The second kappa shape index (κ2) is 9.08. The van der Waals surface area contributed by atoms with Gasteiger partial charge in [0.25, 0.3) is 0 Å². The quantitative estimate of drug-likeness (QED) is 0.224. The van der Waals surface area contributed by atoms with Crippen molar-refractivity contribution in [1.29, 1.82) is 0 Å². The number of halogens is 3. The molecule has 0 spiro atoms. The summed E-state index contributed by atoms with van der Waals surface area (Å²) in [4.78, 5) is 9.51. The first-order valence-corrected chi connectivity index (χ1v) is 11.0. The Balaban J connectivity index is 1.24. The number of pyridine rings is 1. The van der Waals surface area contributed by atoms with Gasteiger partial charge in [-0.2, -0.15) is 13.2 Å². The number of rotatable bonds is 8. The Morgan fingerprint density at radius 1 is 0.867 bits per heavy atom. The van der Waals surface area contributed by atoms with Crippen molar-refractivity contribution in [3.05, 3.63) is 66.6 Å². The standard InChI is InChI=1S/C23H22F3N3S/c24-23(25,26)17-9-10-18-20(15-17)27-12-11-22(18)30-14-6-2-1-5-13-29-16-28-19-7-3-4-8-21(19)29/h3-4,7-12,15-16H,1-2,5-6,13-14H2. The van der Waals surface area contributed by atoms with Crippen LogP contribution in [0, 0.1) is 0 Å². The van der Waals surface area contributed by atoms with E-state index in [1.54, 1.807) is 18.0 Å². The lowest BCUT2D eigenvalue weighted by Crippen LogP contribution is -2.04. The molecule has 0 unspecified atom stereocenters. The summed E-state index contributed by atoms with van der Waals surface area (Å²) in [6, 6.07) is 13.8. The Bertz CT molecular complexity index is 1140. The first kappa shape index (κ1) is 20.7. The minimum Gasteiger partial charge on any atom is -0.331 e. The van der Waals surface area contributed by atoms with Crippen LogP contribution >= 0.6 is 11.8 Å². The number of para-hydroxylation sites is 2. The maximum atomic E-state index is 12.9. The lowest BCUT2D eigenvalue weighted by molar-refractivity contribution is -0.137. The topological polar surface area (TPSA) is 30.7 Å². The van der Waals surface area contributed by atoms with E-state index < -0.39 is 11.7 Å². The van der Waals surface area contributed by atoms with Gasteiger partial charge in [0.15, 0.2) is 0 Å². The number of imidazole rings is 1. The van der Waals surface area contributed by atoms with Crippen molar-refractivity contribution >= 4 is 33.7 Å². The third kappa shape index (κ3) is 4.78. The van der Waals surface area contributed by atoms with Crippen LogP contribution in [-0.4, -0.2) is 20.3 Å². The van der Waals surface area contributed by atoms with E-state index >= 15 is 0 Å². The number of unbranched alkanes of at least 4 members (excludes halogenated alkanes) is 3. The first-order valence-electron chi connectivity index (χ1n) is 10.0. The highest BCUT2D eigenvalue weighted by molar-refractivity contribution is 7.99. The van der Waals surface area contributed by atoms with Gasteiger partial charge in [0.1, 0.15) is 0 Å². The van der Waals surface area contributed by atoms with Gasteiger partial charge in [0.2, 0.25) is 0 Å². The number of aryl methyl sites for hydroxylation is 1. The molecule has 156 valence electrons. The zero-order valence-corrected chi connectivity index (χ0v) is 17.2. The van der Waals surface area contributed by atoms with E-state index in [-0.39, 0.29) is 0 Å². The zero-order valence-electron chi connectivity index (χ0n) is 16.4. The van der Waals surface area contributed by atoms with Crippen LogP contribution in [-0.2, 0) is 12.7 Å². The molecule has 0 bridgehead atoms. The summed E-state index contributed by atoms with van der Waals surface area (Å²) >= 11 is 1.68. The third-order valence-electron chi connectivity index (χ3n) is 5.11. The summed E-state index contributed by atoms with van der Waals surface area (Å²) in [7, 11) is 0. The molecule has 4 aromatic rings. The summed E-state index contributed by atoms with van der Waals surface area (Å²) in [5.74, 6) is 0.939. The zero-order chi connectivity index (χ0) is 21.0. The molecule has 30 heavy (non-hydrogen) atoms. The van der Waals surface area contributed by atoms with Gasteiger partial charge in [-0.1, -0.05) is 31.0 Å². The van der Waals surface area contributed by atoms with Crippen molar-refractivity contribution in [2.24, 2.45) is 0 Å². The molecule has 0 radical (unpaired) electrons. The predicted molar refractivity (Wildman–Crippen MR) is 116 cm³/mol. The van der Waals surface area contributed by atoms with Crippen molar-refractivity contribution in [3.8, 4) is 0 Å². The average molecular weight is 430 g/mol. The van der Waals surface area contributed by atoms with Crippen LogP contribution in [0.25, 0.3) is 21.9 Å². The maximum Gasteiger partial charge on any atom is 0.416 e. The molecule has 0 atom stereocenters. The van der Waals surface area contributed by atoms with Crippen molar-refractivity contribution < 1.29 is 13.2 Å². The van der Waals surface area contributed by atoms with Crippen LogP contribution in [0.2, 0.25) is 0 Å². The highest BCUT2D eigenvalue weighted by Gasteiger charge is 2.30. The molecule has 3 nitrogen and oxygen atoms in total. The van der Waals surface area contributed by atoms with Gasteiger partial charge in [-0.15, -0.1) is 11.8 Å². The van der Waals surface area contributed by atoms with Gasteiger partial charge in [0, 0.05) is 23.0 Å². The van der Waals surface area contributed by atoms with Crippen LogP contribution in [0.5, 0.6) is 0 Å². The molecule has 0 amide bonds. The molecule has 0 saturated heterocycles. The fourth-order valence-electron chi connectivity index (χ4n) is 3.53. The van der Waals surface area contributed by atoms with Crippen molar-refractivity contribution in [3.63, 3.8) is 0 Å². The Hall–Kier alpha value is -2.54. The molecule has 4 rings (SSSR count). The second-order valence-corrected chi connectivity index (χ2v) is 8.36. The lowest BCUT2D eigenvalue weighted by Gasteiger charge is -2.10. The molecular weight excluding hydrogens is 407 g/mol. The number of nitrogens with zero attached hydrogens (tertiary/aromatic N) is 3. The SMILES string of the molecule is FC(F)(F)c1ccc2c(SCCCCCCn3cnc4ccccc43)ccnc2c1. The Labute approximate surface area is 177 Å². The average Bonchev–Trinajstić information content (AvgIpc) is 3.15. The predicted octanol–water partition coefficient (Wildman–Crippen LogP) is 6.96. The van der Waals surface area contributed by atoms with Crippen molar-refractivity contribution in [2.45, 2.75) is 43.3 Å².